The molecule has 0 bridgehead atoms. The first-order valence-electron chi connectivity index (χ1n) is 12.2. The summed E-state index contributed by atoms with van der Waals surface area (Å²) in [6.07, 6.45) is 3.14. The van der Waals surface area contributed by atoms with E-state index in [4.69, 9.17) is 9.47 Å². The predicted octanol–water partition coefficient (Wildman–Crippen LogP) is 4.97. The summed E-state index contributed by atoms with van der Waals surface area (Å²) in [6.45, 7) is 6.98. The summed E-state index contributed by atoms with van der Waals surface area (Å²) < 4.78 is 13.3. The van der Waals surface area contributed by atoms with E-state index in [1.165, 1.54) is 17.3 Å². The van der Waals surface area contributed by atoms with E-state index in [9.17, 15) is 4.79 Å². The van der Waals surface area contributed by atoms with E-state index in [2.05, 4.69) is 52.9 Å². The molecule has 1 atom stereocenters. The predicted molar refractivity (Wildman–Crippen MR) is 139 cm³/mol. The Bertz CT molecular complexity index is 1090. The first-order valence-corrected chi connectivity index (χ1v) is 13.2. The lowest BCUT2D eigenvalue weighted by Gasteiger charge is -2.22. The topological polar surface area (TPSA) is 69.5 Å². The Morgan fingerprint density at radius 2 is 1.94 bits per heavy atom. The van der Waals surface area contributed by atoms with Crippen LogP contribution in [0.3, 0.4) is 0 Å². The van der Waals surface area contributed by atoms with Crippen molar-refractivity contribution in [3.63, 3.8) is 0 Å². The lowest BCUT2D eigenvalue weighted by atomic mass is 10.1. The zero-order valence-corrected chi connectivity index (χ0v) is 21.6. The maximum absolute atomic E-state index is 13.2. The number of rotatable bonds is 11. The first-order chi connectivity index (χ1) is 17.1. The van der Waals surface area contributed by atoms with Gasteiger partial charge in [0.05, 0.1) is 25.5 Å². The molecule has 1 aliphatic rings. The highest BCUT2D eigenvalue weighted by molar-refractivity contribution is 7.99. The van der Waals surface area contributed by atoms with Crippen molar-refractivity contribution in [2.75, 3.05) is 26.0 Å². The number of aryl methyl sites for hydroxylation is 1. The molecular weight excluding hydrogens is 460 g/mol. The summed E-state index contributed by atoms with van der Waals surface area (Å²) in [5.41, 5.74) is 3.32. The number of carbonyl (C=O) groups is 1. The molecule has 3 aromatic rings. The van der Waals surface area contributed by atoms with Gasteiger partial charge in [0.25, 0.3) is 0 Å². The maximum atomic E-state index is 13.2. The third kappa shape index (κ3) is 6.64. The molecule has 1 aromatic heterocycles. The molecule has 35 heavy (non-hydrogen) atoms. The van der Waals surface area contributed by atoms with Crippen LogP contribution < -0.4 is 4.74 Å². The number of carbonyl (C=O) groups excluding carboxylic acids is 1. The molecule has 4 rings (SSSR count). The Balaban J connectivity index is 1.49. The van der Waals surface area contributed by atoms with Crippen molar-refractivity contribution in [2.24, 2.45) is 0 Å². The second-order valence-corrected chi connectivity index (χ2v) is 9.81. The van der Waals surface area contributed by atoms with Crippen molar-refractivity contribution in [2.45, 2.75) is 57.5 Å². The zero-order valence-electron chi connectivity index (χ0n) is 20.8. The number of aromatic nitrogens is 3. The van der Waals surface area contributed by atoms with Gasteiger partial charge in [0, 0.05) is 25.3 Å². The highest BCUT2D eigenvalue weighted by atomic mass is 32.2. The highest BCUT2D eigenvalue weighted by Crippen LogP contribution is 2.28. The van der Waals surface area contributed by atoms with Gasteiger partial charge >= 0.3 is 0 Å². The fourth-order valence-corrected chi connectivity index (χ4v) is 5.05. The van der Waals surface area contributed by atoms with Gasteiger partial charge in [-0.2, -0.15) is 0 Å². The van der Waals surface area contributed by atoms with E-state index in [1.807, 2.05) is 29.2 Å². The number of nitrogens with zero attached hydrogens (tertiary/aromatic N) is 4. The molecule has 1 unspecified atom stereocenters. The molecule has 1 aliphatic heterocycles. The summed E-state index contributed by atoms with van der Waals surface area (Å²) in [5, 5.41) is 9.70. The molecule has 2 aromatic carbocycles. The van der Waals surface area contributed by atoms with Crippen LogP contribution in [0, 0.1) is 6.92 Å². The lowest BCUT2D eigenvalue weighted by Crippen LogP contribution is -2.32. The van der Waals surface area contributed by atoms with Crippen molar-refractivity contribution in [1.82, 2.24) is 19.7 Å². The second-order valence-electron chi connectivity index (χ2n) is 8.87. The minimum atomic E-state index is 0.107. The van der Waals surface area contributed by atoms with Crippen LogP contribution in [0.1, 0.15) is 37.3 Å². The summed E-state index contributed by atoms with van der Waals surface area (Å²) >= 11 is 1.45. The van der Waals surface area contributed by atoms with E-state index < -0.39 is 0 Å². The van der Waals surface area contributed by atoms with E-state index in [0.29, 0.717) is 18.8 Å². The monoisotopic (exact) mass is 494 g/mol. The molecule has 1 amide bonds. The molecule has 0 saturated carbocycles. The van der Waals surface area contributed by atoms with Gasteiger partial charge in [-0.1, -0.05) is 48.5 Å². The van der Waals surface area contributed by atoms with Gasteiger partial charge in [-0.15, -0.1) is 10.2 Å². The normalized spacial score (nSPS) is 15.3. The van der Waals surface area contributed by atoms with Gasteiger partial charge < -0.3 is 14.4 Å². The molecule has 1 fully saturated rings. The third-order valence-corrected chi connectivity index (χ3v) is 7.09. The van der Waals surface area contributed by atoms with Gasteiger partial charge in [0.1, 0.15) is 5.75 Å². The summed E-state index contributed by atoms with van der Waals surface area (Å²) in [7, 11) is 1.65. The Morgan fingerprint density at radius 1 is 1.17 bits per heavy atom. The van der Waals surface area contributed by atoms with Crippen LogP contribution in [-0.2, 0) is 22.6 Å². The van der Waals surface area contributed by atoms with Crippen LogP contribution in [0.15, 0.2) is 53.7 Å². The number of ether oxygens (including phenoxy) is 2. The van der Waals surface area contributed by atoms with Gasteiger partial charge in [0.2, 0.25) is 5.91 Å². The van der Waals surface area contributed by atoms with Crippen LogP contribution in [-0.4, -0.2) is 57.7 Å². The number of thioether (sulfide) groups is 1. The molecule has 2 heterocycles. The van der Waals surface area contributed by atoms with Crippen molar-refractivity contribution >= 4 is 17.7 Å². The van der Waals surface area contributed by atoms with Gasteiger partial charge in [-0.3, -0.25) is 9.36 Å². The molecule has 7 nitrogen and oxygen atoms in total. The summed E-state index contributed by atoms with van der Waals surface area (Å²) in [6, 6.07) is 16.2. The number of methoxy groups -OCH3 is 1. The number of benzene rings is 2. The minimum absolute atomic E-state index is 0.107. The van der Waals surface area contributed by atoms with Crippen molar-refractivity contribution in [3.05, 3.63) is 59.7 Å². The van der Waals surface area contributed by atoms with Crippen molar-refractivity contribution < 1.29 is 14.3 Å². The molecular formula is C27H34N4O3S. The molecule has 186 valence electrons. The largest absolute Gasteiger partial charge is 0.497 e. The Kier molecular flexibility index (Phi) is 8.82. The number of amides is 1. The maximum Gasteiger partial charge on any atom is 0.233 e. The molecule has 1 saturated heterocycles. The number of hydrogen-bond acceptors (Lipinski definition) is 6. The molecule has 8 heteroatoms. The SMILES string of the molecule is CCCN(Cc1ccc(C)cc1)C(=O)CSc1nnc(-c2ccc(OC)cc2)n1CC1CCCO1. The van der Waals surface area contributed by atoms with Crippen LogP contribution in [0.5, 0.6) is 5.75 Å². The van der Waals surface area contributed by atoms with Gasteiger partial charge in [-0.25, -0.2) is 0 Å². The Hall–Kier alpha value is -2.84. The standard InChI is InChI=1S/C27H34N4O3S/c1-4-15-30(17-21-9-7-20(2)8-10-21)25(32)19-35-27-29-28-26(22-11-13-23(33-3)14-12-22)31(27)18-24-6-5-16-34-24/h7-14,24H,4-6,15-19H2,1-3H3. The lowest BCUT2D eigenvalue weighted by molar-refractivity contribution is -0.129. The number of hydrogen-bond donors (Lipinski definition) is 0. The first kappa shape index (κ1) is 25.3. The van der Waals surface area contributed by atoms with Crippen LogP contribution in [0.2, 0.25) is 0 Å². The highest BCUT2D eigenvalue weighted by Gasteiger charge is 2.23. The van der Waals surface area contributed by atoms with E-state index in [-0.39, 0.29) is 12.0 Å². The van der Waals surface area contributed by atoms with E-state index in [1.54, 1.807) is 7.11 Å². The minimum Gasteiger partial charge on any atom is -0.497 e. The van der Waals surface area contributed by atoms with Crippen LogP contribution in [0.4, 0.5) is 0 Å². The Morgan fingerprint density at radius 3 is 2.60 bits per heavy atom. The molecule has 0 spiro atoms. The van der Waals surface area contributed by atoms with Gasteiger partial charge in [0.15, 0.2) is 11.0 Å². The second kappa shape index (κ2) is 12.2. The van der Waals surface area contributed by atoms with Crippen molar-refractivity contribution in [3.8, 4) is 17.1 Å². The summed E-state index contributed by atoms with van der Waals surface area (Å²) in [5.74, 6) is 2.00. The fourth-order valence-electron chi connectivity index (χ4n) is 4.20. The quantitative estimate of drug-likeness (QED) is 0.351. The zero-order chi connectivity index (χ0) is 24.6. The molecule has 0 aliphatic carbocycles. The average molecular weight is 495 g/mol. The smallest absolute Gasteiger partial charge is 0.233 e. The molecule has 0 radical (unpaired) electrons. The third-order valence-electron chi connectivity index (χ3n) is 6.14. The fraction of sp³-hybridized carbons (Fsp3) is 0.444. The molecule has 0 N–H and O–H groups in total. The van der Waals surface area contributed by atoms with E-state index in [0.717, 1.165) is 60.3 Å². The van der Waals surface area contributed by atoms with Crippen molar-refractivity contribution in [1.29, 1.82) is 0 Å². The van der Waals surface area contributed by atoms with Crippen LogP contribution in [0.25, 0.3) is 11.4 Å². The average Bonchev–Trinajstić information content (AvgIpc) is 3.54. The van der Waals surface area contributed by atoms with E-state index >= 15 is 0 Å². The Labute approximate surface area is 211 Å². The van der Waals surface area contributed by atoms with Gasteiger partial charge in [-0.05, 0) is 56.0 Å². The van der Waals surface area contributed by atoms with Crippen LogP contribution >= 0.6 is 11.8 Å². The summed E-state index contributed by atoms with van der Waals surface area (Å²) in [4.78, 5) is 15.1.